The van der Waals surface area contributed by atoms with Gasteiger partial charge in [-0.1, -0.05) is 36.4 Å². The Kier molecular flexibility index (Phi) is 4.02. The highest BCUT2D eigenvalue weighted by molar-refractivity contribution is 5.67. The van der Waals surface area contributed by atoms with Gasteiger partial charge in [0.05, 0.1) is 0 Å². The van der Waals surface area contributed by atoms with E-state index >= 15 is 0 Å². The van der Waals surface area contributed by atoms with Crippen LogP contribution in [-0.4, -0.2) is 4.98 Å². The highest BCUT2D eigenvalue weighted by Crippen LogP contribution is 2.36. The van der Waals surface area contributed by atoms with Crippen molar-refractivity contribution in [3.05, 3.63) is 78.6 Å². The summed E-state index contributed by atoms with van der Waals surface area (Å²) < 4.78 is 44.7. The van der Waals surface area contributed by atoms with Crippen LogP contribution in [0.25, 0.3) is 11.1 Å². The normalized spacial score (nSPS) is 11.3. The molecule has 0 aliphatic carbocycles. The lowest BCUT2D eigenvalue weighted by molar-refractivity contribution is -0.140. The molecule has 0 saturated carbocycles. The Balaban J connectivity index is 1.89. The number of hydrogen-bond acceptors (Lipinski definition) is 2. The first-order chi connectivity index (χ1) is 11.0. The first-order valence-corrected chi connectivity index (χ1v) is 6.89. The molecule has 116 valence electrons. The minimum absolute atomic E-state index is 0.0475. The molecule has 0 fully saturated rings. The van der Waals surface area contributed by atoms with Gasteiger partial charge < -0.3 is 4.74 Å². The van der Waals surface area contributed by atoms with E-state index in [-0.39, 0.29) is 5.56 Å². The number of ether oxygens (including phenoxy) is 1. The van der Waals surface area contributed by atoms with Gasteiger partial charge in [-0.3, -0.25) is 4.98 Å². The molecule has 23 heavy (non-hydrogen) atoms. The predicted molar refractivity (Wildman–Crippen MR) is 81.2 cm³/mol. The summed E-state index contributed by atoms with van der Waals surface area (Å²) in [6.45, 7) is 0. The maximum atomic E-state index is 13.0. The van der Waals surface area contributed by atoms with Crippen LogP contribution >= 0.6 is 0 Å². The van der Waals surface area contributed by atoms with E-state index in [1.807, 2.05) is 18.2 Å². The highest BCUT2D eigenvalue weighted by atomic mass is 19.4. The molecule has 0 aliphatic rings. The number of halogens is 3. The highest BCUT2D eigenvalue weighted by Gasteiger charge is 2.35. The molecule has 2 aromatic carbocycles. The second-order valence-corrected chi connectivity index (χ2v) is 4.84. The van der Waals surface area contributed by atoms with E-state index in [4.69, 9.17) is 4.74 Å². The monoisotopic (exact) mass is 315 g/mol. The third kappa shape index (κ3) is 3.51. The van der Waals surface area contributed by atoms with Crippen LogP contribution in [0.15, 0.2) is 72.9 Å². The molecule has 1 heterocycles. The SMILES string of the molecule is FC(F)(F)c1ncccc1-c1ccc(Oc2ccccc2)cc1. The smallest absolute Gasteiger partial charge is 0.433 e. The molecule has 0 aliphatic heterocycles. The topological polar surface area (TPSA) is 22.1 Å². The molecule has 3 rings (SSSR count). The van der Waals surface area contributed by atoms with Gasteiger partial charge in [0.25, 0.3) is 0 Å². The van der Waals surface area contributed by atoms with E-state index in [0.29, 0.717) is 17.1 Å². The maximum Gasteiger partial charge on any atom is 0.433 e. The molecular weight excluding hydrogens is 303 g/mol. The van der Waals surface area contributed by atoms with Crippen molar-refractivity contribution in [1.29, 1.82) is 0 Å². The van der Waals surface area contributed by atoms with Gasteiger partial charge in [-0.2, -0.15) is 13.2 Å². The number of nitrogens with zero attached hydrogens (tertiary/aromatic N) is 1. The Bertz CT molecular complexity index is 783. The fraction of sp³-hybridized carbons (Fsp3) is 0.0556. The minimum Gasteiger partial charge on any atom is -0.457 e. The standard InChI is InChI=1S/C18H12F3NO/c19-18(20,21)17-16(7-4-12-22-17)13-8-10-15(11-9-13)23-14-5-2-1-3-6-14/h1-12H. The fourth-order valence-electron chi connectivity index (χ4n) is 2.19. The van der Waals surface area contributed by atoms with Gasteiger partial charge in [0.2, 0.25) is 0 Å². The summed E-state index contributed by atoms with van der Waals surface area (Å²) in [4.78, 5) is 3.46. The molecular formula is C18H12F3NO. The zero-order valence-electron chi connectivity index (χ0n) is 11.9. The van der Waals surface area contributed by atoms with Crippen LogP contribution in [-0.2, 0) is 6.18 Å². The van der Waals surface area contributed by atoms with Crippen LogP contribution in [0.3, 0.4) is 0 Å². The molecule has 3 aromatic rings. The molecule has 0 saturated heterocycles. The number of hydrogen-bond donors (Lipinski definition) is 0. The molecule has 0 bridgehead atoms. The number of para-hydroxylation sites is 1. The van der Waals surface area contributed by atoms with Crippen molar-refractivity contribution >= 4 is 0 Å². The van der Waals surface area contributed by atoms with E-state index in [1.54, 1.807) is 36.4 Å². The molecule has 0 spiro atoms. The Hall–Kier alpha value is -2.82. The van der Waals surface area contributed by atoms with Crippen molar-refractivity contribution in [2.75, 3.05) is 0 Å². The summed E-state index contributed by atoms with van der Waals surface area (Å²) in [6, 6.07) is 18.5. The van der Waals surface area contributed by atoms with Gasteiger partial charge in [0.15, 0.2) is 5.69 Å². The Morgan fingerprint density at radius 2 is 1.39 bits per heavy atom. The third-order valence-electron chi connectivity index (χ3n) is 3.22. The number of alkyl halides is 3. The average Bonchev–Trinajstić information content (AvgIpc) is 2.56. The molecule has 5 heteroatoms. The first-order valence-electron chi connectivity index (χ1n) is 6.89. The molecule has 0 radical (unpaired) electrons. The zero-order valence-corrected chi connectivity index (χ0v) is 11.9. The van der Waals surface area contributed by atoms with Gasteiger partial charge >= 0.3 is 6.18 Å². The summed E-state index contributed by atoms with van der Waals surface area (Å²) in [6.07, 6.45) is -3.35. The quantitative estimate of drug-likeness (QED) is 0.631. The summed E-state index contributed by atoms with van der Waals surface area (Å²) in [5.74, 6) is 1.22. The van der Waals surface area contributed by atoms with Gasteiger partial charge in [-0.25, -0.2) is 0 Å². The molecule has 2 nitrogen and oxygen atoms in total. The van der Waals surface area contributed by atoms with Gasteiger partial charge in [0.1, 0.15) is 11.5 Å². The van der Waals surface area contributed by atoms with E-state index in [2.05, 4.69) is 4.98 Å². The second-order valence-electron chi connectivity index (χ2n) is 4.84. The van der Waals surface area contributed by atoms with Crippen LogP contribution in [0, 0.1) is 0 Å². The van der Waals surface area contributed by atoms with Gasteiger partial charge in [0, 0.05) is 11.8 Å². The molecule has 1 aromatic heterocycles. The van der Waals surface area contributed by atoms with Crippen LogP contribution in [0.5, 0.6) is 11.5 Å². The Morgan fingerprint density at radius 1 is 0.739 bits per heavy atom. The maximum absolute atomic E-state index is 13.0. The largest absolute Gasteiger partial charge is 0.457 e. The van der Waals surface area contributed by atoms with E-state index < -0.39 is 11.9 Å². The van der Waals surface area contributed by atoms with Crippen molar-refractivity contribution in [2.24, 2.45) is 0 Å². The lowest BCUT2D eigenvalue weighted by atomic mass is 10.0. The summed E-state index contributed by atoms with van der Waals surface area (Å²) in [5, 5.41) is 0. The summed E-state index contributed by atoms with van der Waals surface area (Å²) >= 11 is 0. The van der Waals surface area contributed by atoms with Crippen molar-refractivity contribution in [3.63, 3.8) is 0 Å². The Morgan fingerprint density at radius 3 is 2.04 bits per heavy atom. The van der Waals surface area contributed by atoms with Gasteiger partial charge in [-0.05, 0) is 35.9 Å². The average molecular weight is 315 g/mol. The predicted octanol–water partition coefficient (Wildman–Crippen LogP) is 5.56. The van der Waals surface area contributed by atoms with Crippen LogP contribution < -0.4 is 4.74 Å². The number of rotatable bonds is 3. The van der Waals surface area contributed by atoms with Gasteiger partial charge in [-0.15, -0.1) is 0 Å². The third-order valence-corrected chi connectivity index (χ3v) is 3.22. The van der Waals surface area contributed by atoms with E-state index in [1.165, 1.54) is 12.1 Å². The lowest BCUT2D eigenvalue weighted by Crippen LogP contribution is -2.09. The summed E-state index contributed by atoms with van der Waals surface area (Å²) in [5.41, 5.74) is -0.408. The Labute approximate surface area is 131 Å². The number of pyridine rings is 1. The zero-order chi connectivity index (χ0) is 16.3. The van der Waals surface area contributed by atoms with E-state index in [0.717, 1.165) is 6.20 Å². The van der Waals surface area contributed by atoms with Crippen molar-refractivity contribution < 1.29 is 17.9 Å². The number of benzene rings is 2. The number of aromatic nitrogens is 1. The van der Waals surface area contributed by atoms with Crippen LogP contribution in [0.4, 0.5) is 13.2 Å². The molecule has 0 atom stereocenters. The molecule has 0 N–H and O–H groups in total. The van der Waals surface area contributed by atoms with Crippen LogP contribution in [0.1, 0.15) is 5.69 Å². The van der Waals surface area contributed by atoms with Crippen molar-refractivity contribution in [1.82, 2.24) is 4.98 Å². The molecule has 0 unspecified atom stereocenters. The second kappa shape index (κ2) is 6.12. The fourth-order valence-corrected chi connectivity index (χ4v) is 2.19. The van der Waals surface area contributed by atoms with Crippen LogP contribution in [0.2, 0.25) is 0 Å². The minimum atomic E-state index is -4.49. The lowest BCUT2D eigenvalue weighted by Gasteiger charge is -2.12. The van der Waals surface area contributed by atoms with Crippen molar-refractivity contribution in [2.45, 2.75) is 6.18 Å². The first kappa shape index (κ1) is 15.1. The van der Waals surface area contributed by atoms with E-state index in [9.17, 15) is 13.2 Å². The molecule has 0 amide bonds. The summed E-state index contributed by atoms with van der Waals surface area (Å²) in [7, 11) is 0. The van der Waals surface area contributed by atoms with Crippen molar-refractivity contribution in [3.8, 4) is 22.6 Å².